The summed E-state index contributed by atoms with van der Waals surface area (Å²) < 4.78 is 6.24. The minimum Gasteiger partial charge on any atom is -0.503 e. The van der Waals surface area contributed by atoms with E-state index in [1.165, 1.54) is 11.1 Å². The number of fused-ring (bicyclic) bond motifs is 1. The van der Waals surface area contributed by atoms with E-state index in [0.29, 0.717) is 10.8 Å². The second-order valence-corrected chi connectivity index (χ2v) is 7.24. The quantitative estimate of drug-likeness (QED) is 0.668. The van der Waals surface area contributed by atoms with Gasteiger partial charge in [0.05, 0.1) is 45.2 Å². The van der Waals surface area contributed by atoms with Crippen LogP contribution in [-0.2, 0) is 6.42 Å². The number of phenols is 1. The van der Waals surface area contributed by atoms with E-state index in [1.807, 2.05) is 12.1 Å². The van der Waals surface area contributed by atoms with Crippen molar-refractivity contribution < 1.29 is 14.3 Å². The molecule has 3 nitrogen and oxygen atoms in total. The number of halogens is 1. The van der Waals surface area contributed by atoms with Gasteiger partial charge in [-0.2, -0.15) is 0 Å². The molecule has 122 valence electrons. The van der Waals surface area contributed by atoms with E-state index < -0.39 is 0 Å². The van der Waals surface area contributed by atoms with Crippen molar-refractivity contribution in [2.45, 2.75) is 12.3 Å². The molecule has 0 spiro atoms. The fourth-order valence-electron chi connectivity index (χ4n) is 3.46. The van der Waals surface area contributed by atoms with Crippen molar-refractivity contribution >= 4 is 11.6 Å². The zero-order valence-electron chi connectivity index (χ0n) is 13.8. The lowest BCUT2D eigenvalue weighted by Gasteiger charge is -2.31. The minimum atomic E-state index is 0.0481. The predicted octanol–water partition coefficient (Wildman–Crippen LogP) is 3.82. The number of benzene rings is 2. The van der Waals surface area contributed by atoms with Crippen LogP contribution in [0.15, 0.2) is 36.4 Å². The molecule has 1 aliphatic heterocycles. The number of aromatic hydroxyl groups is 1. The summed E-state index contributed by atoms with van der Waals surface area (Å²) in [6, 6.07) is 12.4. The van der Waals surface area contributed by atoms with Crippen LogP contribution >= 0.6 is 11.6 Å². The molecule has 0 radical (unpaired) electrons. The maximum Gasteiger partial charge on any atom is 0.177 e. The van der Waals surface area contributed by atoms with E-state index in [0.717, 1.165) is 29.6 Å². The number of nitrogens with zero attached hydrogens (tertiary/aromatic N) is 1. The fraction of sp³-hybridized carbons (Fsp3) is 0.368. The Morgan fingerprint density at radius 2 is 1.91 bits per heavy atom. The SMILES string of the molecule is [13CH3]Oc1cc2c(c(Cl)c1O)CC[N+]([13CH3])([13CH3])C[C@@H]2c1ccccc1. The van der Waals surface area contributed by atoms with Crippen LogP contribution in [-0.4, -0.2) is 43.9 Å². The van der Waals surface area contributed by atoms with E-state index >= 15 is 0 Å². The van der Waals surface area contributed by atoms with E-state index in [2.05, 4.69) is 38.4 Å². The van der Waals surface area contributed by atoms with Crippen LogP contribution in [0.4, 0.5) is 0 Å². The van der Waals surface area contributed by atoms with Gasteiger partial charge >= 0.3 is 0 Å². The Balaban J connectivity index is 2.21. The van der Waals surface area contributed by atoms with Crippen molar-refractivity contribution in [3.8, 4) is 11.5 Å². The van der Waals surface area contributed by atoms with Crippen molar-refractivity contribution in [1.29, 1.82) is 0 Å². The second kappa shape index (κ2) is 6.06. The molecule has 2 aromatic carbocycles. The summed E-state index contributed by atoms with van der Waals surface area (Å²) >= 11 is 6.48. The molecule has 0 aliphatic carbocycles. The maximum atomic E-state index is 10.3. The molecule has 0 amide bonds. The maximum absolute atomic E-state index is 10.3. The van der Waals surface area contributed by atoms with Gasteiger partial charge in [-0.25, -0.2) is 0 Å². The Bertz CT molecular complexity index is 713. The highest BCUT2D eigenvalue weighted by molar-refractivity contribution is 6.33. The molecular weight excluding hydrogens is 313 g/mol. The van der Waals surface area contributed by atoms with E-state index in [-0.39, 0.29) is 11.7 Å². The molecule has 0 saturated heterocycles. The molecule has 0 unspecified atom stereocenters. The normalized spacial score (nSPS) is 19.7. The highest BCUT2D eigenvalue weighted by Gasteiger charge is 2.33. The van der Waals surface area contributed by atoms with Crippen LogP contribution in [0.25, 0.3) is 0 Å². The topological polar surface area (TPSA) is 29.5 Å². The number of quaternary nitrogens is 1. The van der Waals surface area contributed by atoms with Crippen LogP contribution < -0.4 is 4.74 Å². The largest absolute Gasteiger partial charge is 0.503 e. The monoisotopic (exact) mass is 335 g/mol. The second-order valence-electron chi connectivity index (χ2n) is 6.86. The van der Waals surface area contributed by atoms with Gasteiger partial charge in [-0.1, -0.05) is 41.9 Å². The lowest BCUT2D eigenvalue weighted by molar-refractivity contribution is -0.890. The Labute approximate surface area is 142 Å². The number of likely N-dealkylation sites (N-methyl/N-ethyl adjacent to an activating group) is 1. The first-order valence-electron chi connectivity index (χ1n) is 7.88. The van der Waals surface area contributed by atoms with Crippen LogP contribution in [0.1, 0.15) is 22.6 Å². The highest BCUT2D eigenvalue weighted by Crippen LogP contribution is 2.44. The molecular formula is C19H23ClNO2+. The summed E-state index contributed by atoms with van der Waals surface area (Å²) in [7, 11) is 6.05. The van der Waals surface area contributed by atoms with Gasteiger partial charge in [0, 0.05) is 6.42 Å². The summed E-state index contributed by atoms with van der Waals surface area (Å²) in [6.07, 6.45) is 0.849. The molecule has 1 aliphatic rings. The first kappa shape index (κ1) is 16.2. The number of methoxy groups -OCH3 is 1. The number of rotatable bonds is 2. The third-order valence-electron chi connectivity index (χ3n) is 4.78. The van der Waals surface area contributed by atoms with Gasteiger partial charge in [-0.05, 0) is 22.8 Å². The van der Waals surface area contributed by atoms with Crippen molar-refractivity contribution in [3.63, 3.8) is 0 Å². The van der Waals surface area contributed by atoms with Gasteiger partial charge in [-0.3, -0.25) is 0 Å². The van der Waals surface area contributed by atoms with Crippen molar-refractivity contribution in [1.82, 2.24) is 0 Å². The summed E-state index contributed by atoms with van der Waals surface area (Å²) in [5, 5.41) is 10.7. The van der Waals surface area contributed by atoms with Gasteiger partial charge in [0.2, 0.25) is 0 Å². The van der Waals surface area contributed by atoms with Crippen LogP contribution in [0.3, 0.4) is 0 Å². The molecule has 1 heterocycles. The Morgan fingerprint density at radius 3 is 2.57 bits per heavy atom. The predicted molar refractivity (Wildman–Crippen MR) is 93.5 cm³/mol. The van der Waals surface area contributed by atoms with Crippen molar-refractivity contribution in [2.75, 3.05) is 34.3 Å². The third kappa shape index (κ3) is 3.04. The Hall–Kier alpha value is -1.71. The first-order valence-corrected chi connectivity index (χ1v) is 8.26. The van der Waals surface area contributed by atoms with Crippen LogP contribution in [0, 0.1) is 0 Å². The molecule has 0 fully saturated rings. The van der Waals surface area contributed by atoms with E-state index in [4.69, 9.17) is 16.3 Å². The van der Waals surface area contributed by atoms with Gasteiger partial charge in [-0.15, -0.1) is 0 Å². The average Bonchev–Trinajstić information content (AvgIpc) is 2.68. The standard InChI is InChI=1S/C19H22ClNO2/c1-21(2)10-9-14-15(11-17(23-3)19(22)18(14)20)16(12-21)13-7-5-4-6-8-13/h4-8,11,16H,9-10,12H2,1-3H3/p+1/t16-/m1/s1/i1+1,2+1,3+1. The average molecular weight is 336 g/mol. The molecule has 0 saturated carbocycles. The molecule has 0 bridgehead atoms. The smallest absolute Gasteiger partial charge is 0.177 e. The molecule has 2 aromatic rings. The highest BCUT2D eigenvalue weighted by atomic mass is 35.5. The molecule has 1 N–H and O–H groups in total. The molecule has 1 atom stereocenters. The number of hydrogen-bond acceptors (Lipinski definition) is 2. The van der Waals surface area contributed by atoms with Gasteiger partial charge in [0.15, 0.2) is 11.5 Å². The molecule has 3 rings (SSSR count). The molecule has 0 aromatic heterocycles. The fourth-order valence-corrected chi connectivity index (χ4v) is 3.76. The Morgan fingerprint density at radius 1 is 1.22 bits per heavy atom. The Kier molecular flexibility index (Phi) is 4.26. The van der Waals surface area contributed by atoms with Crippen molar-refractivity contribution in [3.05, 3.63) is 58.1 Å². The summed E-state index contributed by atoms with van der Waals surface area (Å²) in [4.78, 5) is 0. The van der Waals surface area contributed by atoms with Crippen LogP contribution in [0.5, 0.6) is 11.5 Å². The zero-order valence-corrected chi connectivity index (χ0v) is 14.6. The third-order valence-corrected chi connectivity index (χ3v) is 5.19. The summed E-state index contributed by atoms with van der Waals surface area (Å²) in [6.45, 7) is 1.98. The van der Waals surface area contributed by atoms with E-state index in [9.17, 15) is 5.11 Å². The summed E-state index contributed by atoms with van der Waals surface area (Å²) in [5.74, 6) is 0.726. The molecule has 23 heavy (non-hydrogen) atoms. The van der Waals surface area contributed by atoms with Gasteiger partial charge < -0.3 is 14.3 Å². The van der Waals surface area contributed by atoms with E-state index in [1.54, 1.807) is 7.11 Å². The number of ether oxygens (including phenoxy) is 1. The zero-order chi connectivity index (χ0) is 16.6. The minimum absolute atomic E-state index is 0.0481. The molecule has 4 heteroatoms. The summed E-state index contributed by atoms with van der Waals surface area (Å²) in [5.41, 5.74) is 3.48. The van der Waals surface area contributed by atoms with Gasteiger partial charge in [0.25, 0.3) is 0 Å². The number of phenolic OH excluding ortho intramolecular Hbond substituents is 1. The van der Waals surface area contributed by atoms with Crippen molar-refractivity contribution in [2.24, 2.45) is 0 Å². The first-order chi connectivity index (χ1) is 10.9. The van der Waals surface area contributed by atoms with Crippen LogP contribution in [0.2, 0.25) is 5.02 Å². The lowest BCUT2D eigenvalue weighted by Crippen LogP contribution is -2.43. The lowest BCUT2D eigenvalue weighted by atomic mass is 9.87. The number of hydrogen-bond donors (Lipinski definition) is 1. The van der Waals surface area contributed by atoms with Gasteiger partial charge in [0.1, 0.15) is 0 Å².